The Hall–Kier alpha value is -3.97. The maximum atomic E-state index is 12.8. The SMILES string of the molecule is COc1cc(/C=C/C(=O)OC(=O)C(CCC(=O)O)NC(=O)C(NC(=O)CN)C(C)C)ccc1OC1CCCCO1. The van der Waals surface area contributed by atoms with Crippen molar-refractivity contribution in [2.24, 2.45) is 11.7 Å². The molecule has 3 atom stereocenters. The molecule has 40 heavy (non-hydrogen) atoms. The summed E-state index contributed by atoms with van der Waals surface area (Å²) in [5, 5.41) is 13.8. The molecular formula is C27H37N3O10. The molecule has 0 bridgehead atoms. The molecule has 13 heteroatoms. The van der Waals surface area contributed by atoms with E-state index in [1.165, 1.54) is 13.2 Å². The van der Waals surface area contributed by atoms with Crippen molar-refractivity contribution >= 4 is 35.8 Å². The number of hydrogen-bond donors (Lipinski definition) is 4. The number of amides is 2. The molecule has 5 N–H and O–H groups in total. The fraction of sp³-hybridized carbons (Fsp3) is 0.519. The predicted octanol–water partition coefficient (Wildman–Crippen LogP) is 1.13. The van der Waals surface area contributed by atoms with Crippen LogP contribution in [0, 0.1) is 5.92 Å². The van der Waals surface area contributed by atoms with E-state index in [0.717, 1.165) is 25.3 Å². The monoisotopic (exact) mass is 563 g/mol. The zero-order valence-corrected chi connectivity index (χ0v) is 22.8. The number of carboxylic acid groups (broad SMARTS) is 1. The van der Waals surface area contributed by atoms with E-state index in [9.17, 15) is 24.0 Å². The average molecular weight is 564 g/mol. The van der Waals surface area contributed by atoms with Gasteiger partial charge >= 0.3 is 17.9 Å². The molecule has 1 fully saturated rings. The molecule has 1 heterocycles. The summed E-state index contributed by atoms with van der Waals surface area (Å²) < 4.78 is 21.6. The summed E-state index contributed by atoms with van der Waals surface area (Å²) in [6.45, 7) is 3.60. The zero-order chi connectivity index (χ0) is 29.7. The van der Waals surface area contributed by atoms with E-state index in [1.807, 2.05) is 0 Å². The molecule has 3 unspecified atom stereocenters. The van der Waals surface area contributed by atoms with Gasteiger partial charge in [-0.25, -0.2) is 9.59 Å². The van der Waals surface area contributed by atoms with Crippen molar-refractivity contribution in [3.8, 4) is 11.5 Å². The average Bonchev–Trinajstić information content (AvgIpc) is 2.93. The van der Waals surface area contributed by atoms with Crippen LogP contribution in [0.25, 0.3) is 6.08 Å². The second-order valence-corrected chi connectivity index (χ2v) is 9.38. The van der Waals surface area contributed by atoms with Gasteiger partial charge in [-0.05, 0) is 49.0 Å². The molecule has 0 saturated carbocycles. The van der Waals surface area contributed by atoms with Crippen molar-refractivity contribution in [3.63, 3.8) is 0 Å². The zero-order valence-electron chi connectivity index (χ0n) is 22.8. The topological polar surface area (TPSA) is 193 Å². The number of rotatable bonds is 14. The second kappa shape index (κ2) is 16.2. The number of hydrogen-bond acceptors (Lipinski definition) is 10. The Labute approximate surface area is 232 Å². The first-order valence-electron chi connectivity index (χ1n) is 13.0. The van der Waals surface area contributed by atoms with E-state index in [1.54, 1.807) is 32.0 Å². The summed E-state index contributed by atoms with van der Waals surface area (Å²) in [6, 6.07) is 2.47. The third-order valence-electron chi connectivity index (χ3n) is 5.90. The van der Waals surface area contributed by atoms with Gasteiger partial charge < -0.3 is 40.4 Å². The summed E-state index contributed by atoms with van der Waals surface area (Å²) in [6.07, 6.45) is 3.95. The third kappa shape index (κ3) is 10.7. The van der Waals surface area contributed by atoms with Crippen LogP contribution in [0.4, 0.5) is 0 Å². The van der Waals surface area contributed by atoms with E-state index >= 15 is 0 Å². The highest BCUT2D eigenvalue weighted by Crippen LogP contribution is 2.31. The van der Waals surface area contributed by atoms with Crippen LogP contribution < -0.4 is 25.8 Å². The summed E-state index contributed by atoms with van der Waals surface area (Å²) in [7, 11) is 1.47. The molecule has 1 aromatic carbocycles. The predicted molar refractivity (Wildman–Crippen MR) is 142 cm³/mol. The third-order valence-corrected chi connectivity index (χ3v) is 5.90. The summed E-state index contributed by atoms with van der Waals surface area (Å²) in [4.78, 5) is 60.6. The summed E-state index contributed by atoms with van der Waals surface area (Å²) in [5.74, 6) is -4.22. The van der Waals surface area contributed by atoms with E-state index < -0.39 is 48.2 Å². The van der Waals surface area contributed by atoms with Crippen LogP contribution in [0.2, 0.25) is 0 Å². The smallest absolute Gasteiger partial charge is 0.338 e. The quantitative estimate of drug-likeness (QED) is 0.144. The van der Waals surface area contributed by atoms with Gasteiger partial charge in [0.05, 0.1) is 20.3 Å². The van der Waals surface area contributed by atoms with Crippen molar-refractivity contribution in [1.82, 2.24) is 10.6 Å². The number of carbonyl (C=O) groups excluding carboxylic acids is 4. The lowest BCUT2D eigenvalue weighted by Crippen LogP contribution is -2.55. The van der Waals surface area contributed by atoms with Gasteiger partial charge in [0.25, 0.3) is 0 Å². The first-order chi connectivity index (χ1) is 19.0. The number of carboxylic acids is 1. The first-order valence-corrected chi connectivity index (χ1v) is 13.0. The number of aliphatic carboxylic acids is 1. The number of esters is 2. The van der Waals surface area contributed by atoms with Crippen molar-refractivity contribution in [2.45, 2.75) is 64.3 Å². The van der Waals surface area contributed by atoms with Crippen molar-refractivity contribution in [2.75, 3.05) is 20.3 Å². The Balaban J connectivity index is 2.06. The molecule has 1 aliphatic heterocycles. The van der Waals surface area contributed by atoms with Crippen LogP contribution in [0.1, 0.15) is 51.5 Å². The van der Waals surface area contributed by atoms with Gasteiger partial charge in [-0.1, -0.05) is 19.9 Å². The highest BCUT2D eigenvalue weighted by Gasteiger charge is 2.30. The Morgan fingerprint density at radius 2 is 1.90 bits per heavy atom. The Kier molecular flexibility index (Phi) is 13.1. The van der Waals surface area contributed by atoms with Crippen LogP contribution in [0.3, 0.4) is 0 Å². The molecule has 1 aliphatic rings. The van der Waals surface area contributed by atoms with Crippen molar-refractivity contribution < 1.29 is 48.0 Å². The normalized spacial score (nSPS) is 16.6. The van der Waals surface area contributed by atoms with Crippen LogP contribution in [0.5, 0.6) is 11.5 Å². The van der Waals surface area contributed by atoms with Crippen LogP contribution >= 0.6 is 0 Å². The van der Waals surface area contributed by atoms with Gasteiger partial charge in [0.1, 0.15) is 12.1 Å². The molecular weight excluding hydrogens is 526 g/mol. The lowest BCUT2D eigenvalue weighted by Gasteiger charge is -2.24. The lowest BCUT2D eigenvalue weighted by atomic mass is 10.0. The Bertz CT molecular complexity index is 1080. The van der Waals surface area contributed by atoms with Gasteiger partial charge in [0.2, 0.25) is 11.8 Å². The number of nitrogens with one attached hydrogen (secondary N) is 2. The molecule has 0 aromatic heterocycles. The molecule has 2 rings (SSSR count). The highest BCUT2D eigenvalue weighted by atomic mass is 16.7. The molecule has 1 saturated heterocycles. The number of methoxy groups -OCH3 is 1. The number of nitrogens with two attached hydrogens (primary N) is 1. The van der Waals surface area contributed by atoms with Gasteiger partial charge in [-0.2, -0.15) is 0 Å². The summed E-state index contributed by atoms with van der Waals surface area (Å²) in [5.41, 5.74) is 5.84. The second-order valence-electron chi connectivity index (χ2n) is 9.38. The van der Waals surface area contributed by atoms with Gasteiger partial charge in [-0.3, -0.25) is 14.4 Å². The fourth-order valence-corrected chi connectivity index (χ4v) is 3.75. The van der Waals surface area contributed by atoms with Crippen LogP contribution in [-0.2, 0) is 33.4 Å². The van der Waals surface area contributed by atoms with Crippen LogP contribution in [-0.4, -0.2) is 73.5 Å². The maximum absolute atomic E-state index is 12.8. The molecule has 13 nitrogen and oxygen atoms in total. The Morgan fingerprint density at radius 1 is 1.15 bits per heavy atom. The molecule has 220 valence electrons. The minimum absolute atomic E-state index is 0.337. The number of benzene rings is 1. The van der Waals surface area contributed by atoms with Crippen molar-refractivity contribution in [1.29, 1.82) is 0 Å². The molecule has 2 amide bonds. The fourth-order valence-electron chi connectivity index (χ4n) is 3.75. The largest absolute Gasteiger partial charge is 0.493 e. The standard InChI is InChI=1S/C27H37N3O10/c1-16(2)25(30-21(31)15-28)26(35)29-18(9-11-22(32)33)27(36)40-23(34)12-8-17-7-10-19(20(14-17)37-3)39-24-6-4-5-13-38-24/h7-8,10,12,14,16,18,24-25H,4-6,9,11,13,15,28H2,1-3H3,(H,29,35)(H,30,31)(H,32,33)/b12-8+. The number of ether oxygens (including phenoxy) is 4. The van der Waals surface area contributed by atoms with E-state index in [4.69, 9.17) is 29.8 Å². The molecule has 0 aliphatic carbocycles. The minimum Gasteiger partial charge on any atom is -0.493 e. The van der Waals surface area contributed by atoms with Gasteiger partial charge in [-0.15, -0.1) is 0 Å². The van der Waals surface area contributed by atoms with Gasteiger partial charge in [0.15, 0.2) is 17.8 Å². The molecule has 0 radical (unpaired) electrons. The van der Waals surface area contributed by atoms with E-state index in [0.29, 0.717) is 23.7 Å². The molecule has 1 aromatic rings. The minimum atomic E-state index is -1.45. The van der Waals surface area contributed by atoms with Crippen LogP contribution in [0.15, 0.2) is 24.3 Å². The summed E-state index contributed by atoms with van der Waals surface area (Å²) >= 11 is 0. The number of carbonyl (C=O) groups is 5. The highest BCUT2D eigenvalue weighted by molar-refractivity contribution is 5.98. The maximum Gasteiger partial charge on any atom is 0.338 e. The lowest BCUT2D eigenvalue weighted by molar-refractivity contribution is -0.159. The van der Waals surface area contributed by atoms with E-state index in [2.05, 4.69) is 10.6 Å². The van der Waals surface area contributed by atoms with Crippen molar-refractivity contribution in [3.05, 3.63) is 29.8 Å². The Morgan fingerprint density at radius 3 is 2.50 bits per heavy atom. The van der Waals surface area contributed by atoms with E-state index in [-0.39, 0.29) is 25.2 Å². The first kappa shape index (κ1) is 32.2. The van der Waals surface area contributed by atoms with Gasteiger partial charge in [0, 0.05) is 18.9 Å². The molecule has 0 spiro atoms.